The minimum atomic E-state index is 0.611. The third kappa shape index (κ3) is 6.12. The molecule has 0 heteroatoms. The summed E-state index contributed by atoms with van der Waals surface area (Å²) in [4.78, 5) is 0. The first-order valence-corrected chi connectivity index (χ1v) is 4.29. The summed E-state index contributed by atoms with van der Waals surface area (Å²) in [6.07, 6.45) is 4.94. The summed E-state index contributed by atoms with van der Waals surface area (Å²) in [5, 5.41) is 0. The summed E-state index contributed by atoms with van der Waals surface area (Å²) < 4.78 is 0. The Morgan fingerprint density at radius 2 is 1.90 bits per heavy atom. The van der Waals surface area contributed by atoms with E-state index in [2.05, 4.69) is 27.7 Å². The van der Waals surface area contributed by atoms with E-state index in [0.717, 1.165) is 12.3 Å². The zero-order chi connectivity index (χ0) is 7.98. The fraction of sp³-hybridized carbons (Fsp3) is 0.800. The Morgan fingerprint density at radius 3 is 2.30 bits per heavy atom. The fourth-order valence-electron chi connectivity index (χ4n) is 1.30. The lowest BCUT2D eigenvalue weighted by molar-refractivity contribution is 0.427. The molecule has 0 aromatic carbocycles. The van der Waals surface area contributed by atoms with Crippen LogP contribution in [0.25, 0.3) is 0 Å². The summed E-state index contributed by atoms with van der Waals surface area (Å²) in [7, 11) is 0. The van der Waals surface area contributed by atoms with E-state index in [1.165, 1.54) is 19.3 Å². The van der Waals surface area contributed by atoms with Crippen LogP contribution in [0.5, 0.6) is 0 Å². The van der Waals surface area contributed by atoms with Crippen LogP contribution in [-0.2, 0) is 0 Å². The molecule has 2 unspecified atom stereocenters. The average molecular weight is 140 g/mol. The molecule has 0 N–H and O–H groups in total. The molecule has 0 saturated heterocycles. The molecule has 0 nitrogen and oxygen atoms in total. The monoisotopic (exact) mass is 140 g/mol. The molecule has 0 aliphatic rings. The maximum absolute atomic E-state index is 3.97. The van der Waals surface area contributed by atoms with Crippen molar-refractivity contribution in [3.8, 4) is 0 Å². The van der Waals surface area contributed by atoms with E-state index in [1.807, 2.05) is 0 Å². The molecule has 0 spiro atoms. The first-order chi connectivity index (χ1) is 4.66. The molecule has 0 fully saturated rings. The van der Waals surface area contributed by atoms with E-state index in [9.17, 15) is 0 Å². The number of unbranched alkanes of at least 4 members (excludes halogenated alkanes) is 1. The molecule has 0 bridgehead atoms. The minimum absolute atomic E-state index is 0.611. The van der Waals surface area contributed by atoms with Crippen LogP contribution in [0.15, 0.2) is 0 Å². The quantitative estimate of drug-likeness (QED) is 0.548. The maximum Gasteiger partial charge on any atom is -0.0440 e. The lowest BCUT2D eigenvalue weighted by Gasteiger charge is -2.12. The molecule has 0 rings (SSSR count). The molecule has 0 heterocycles. The SMILES string of the molecule is [CH2]CCCC(C)CC([CH2])C. The largest absolute Gasteiger partial charge is 0.0625 e. The highest BCUT2D eigenvalue weighted by Gasteiger charge is 2.03. The van der Waals surface area contributed by atoms with Gasteiger partial charge in [-0.15, -0.1) is 0 Å². The van der Waals surface area contributed by atoms with E-state index in [0.29, 0.717) is 5.92 Å². The Labute approximate surface area is 66.0 Å². The van der Waals surface area contributed by atoms with E-state index in [4.69, 9.17) is 0 Å². The van der Waals surface area contributed by atoms with Gasteiger partial charge in [0.15, 0.2) is 0 Å². The van der Waals surface area contributed by atoms with Crippen molar-refractivity contribution in [2.24, 2.45) is 11.8 Å². The summed E-state index contributed by atoms with van der Waals surface area (Å²) in [5.41, 5.74) is 0. The average Bonchev–Trinajstić information content (AvgIpc) is 1.82. The highest BCUT2D eigenvalue weighted by atomic mass is 14.1. The van der Waals surface area contributed by atoms with Crippen molar-refractivity contribution in [2.75, 3.05) is 0 Å². The van der Waals surface area contributed by atoms with Crippen molar-refractivity contribution < 1.29 is 0 Å². The highest BCUT2D eigenvalue weighted by molar-refractivity contribution is 4.61. The van der Waals surface area contributed by atoms with Crippen LogP contribution in [0, 0.1) is 25.7 Å². The first-order valence-electron chi connectivity index (χ1n) is 4.29. The molecule has 0 amide bonds. The molecule has 2 atom stereocenters. The van der Waals surface area contributed by atoms with Gasteiger partial charge in [-0.2, -0.15) is 0 Å². The van der Waals surface area contributed by atoms with Crippen LogP contribution >= 0.6 is 0 Å². The molecule has 0 aliphatic heterocycles. The Kier molecular flexibility index (Phi) is 5.76. The van der Waals surface area contributed by atoms with Gasteiger partial charge in [-0.05, 0) is 18.3 Å². The summed E-state index contributed by atoms with van der Waals surface area (Å²) in [6.45, 7) is 12.3. The molecular weight excluding hydrogens is 120 g/mol. The van der Waals surface area contributed by atoms with Crippen molar-refractivity contribution in [2.45, 2.75) is 39.5 Å². The molecule has 0 aromatic heterocycles. The minimum Gasteiger partial charge on any atom is -0.0625 e. The van der Waals surface area contributed by atoms with E-state index >= 15 is 0 Å². The van der Waals surface area contributed by atoms with Crippen LogP contribution in [-0.4, -0.2) is 0 Å². The Bertz CT molecular complexity index is 64.4. The van der Waals surface area contributed by atoms with Crippen molar-refractivity contribution in [3.05, 3.63) is 13.8 Å². The van der Waals surface area contributed by atoms with Gasteiger partial charge in [-0.25, -0.2) is 0 Å². The van der Waals surface area contributed by atoms with Gasteiger partial charge in [0, 0.05) is 0 Å². The third-order valence-corrected chi connectivity index (χ3v) is 1.75. The Hall–Kier alpha value is 0. The van der Waals surface area contributed by atoms with Crippen LogP contribution in [0.4, 0.5) is 0 Å². The number of rotatable bonds is 5. The van der Waals surface area contributed by atoms with Gasteiger partial charge in [-0.3, -0.25) is 0 Å². The van der Waals surface area contributed by atoms with E-state index in [-0.39, 0.29) is 0 Å². The zero-order valence-corrected chi connectivity index (χ0v) is 7.40. The number of hydrogen-bond acceptors (Lipinski definition) is 0. The Balaban J connectivity index is 3.16. The molecule has 0 aromatic rings. The van der Waals surface area contributed by atoms with Gasteiger partial charge in [-0.1, -0.05) is 47.0 Å². The van der Waals surface area contributed by atoms with Crippen LogP contribution in [0.2, 0.25) is 0 Å². The predicted octanol–water partition coefficient (Wildman–Crippen LogP) is 3.49. The third-order valence-electron chi connectivity index (χ3n) is 1.75. The van der Waals surface area contributed by atoms with Gasteiger partial charge in [0.2, 0.25) is 0 Å². The summed E-state index contributed by atoms with van der Waals surface area (Å²) in [6, 6.07) is 0. The Morgan fingerprint density at radius 1 is 1.30 bits per heavy atom. The zero-order valence-electron chi connectivity index (χ0n) is 7.40. The highest BCUT2D eigenvalue weighted by Crippen LogP contribution is 2.16. The standard InChI is InChI=1S/C10H20/c1-5-6-7-10(4)8-9(2)3/h9-10H,1-2,5-8H2,3-4H3. The van der Waals surface area contributed by atoms with Crippen molar-refractivity contribution in [3.63, 3.8) is 0 Å². The van der Waals surface area contributed by atoms with Gasteiger partial charge >= 0.3 is 0 Å². The lowest BCUT2D eigenvalue weighted by Crippen LogP contribution is -1.99. The van der Waals surface area contributed by atoms with Crippen molar-refractivity contribution in [1.82, 2.24) is 0 Å². The second kappa shape index (κ2) is 5.76. The van der Waals surface area contributed by atoms with Crippen molar-refractivity contribution in [1.29, 1.82) is 0 Å². The van der Waals surface area contributed by atoms with Gasteiger partial charge in [0.25, 0.3) is 0 Å². The fourth-order valence-corrected chi connectivity index (χ4v) is 1.30. The van der Waals surface area contributed by atoms with E-state index in [1.54, 1.807) is 0 Å². The van der Waals surface area contributed by atoms with Crippen molar-refractivity contribution >= 4 is 0 Å². The second-order valence-corrected chi connectivity index (χ2v) is 3.44. The predicted molar refractivity (Wildman–Crippen MR) is 47.5 cm³/mol. The lowest BCUT2D eigenvalue weighted by atomic mass is 9.94. The normalized spacial score (nSPS) is 14.1. The summed E-state index contributed by atoms with van der Waals surface area (Å²) >= 11 is 0. The van der Waals surface area contributed by atoms with Crippen LogP contribution in [0.1, 0.15) is 39.5 Å². The maximum atomic E-state index is 3.97. The molecular formula is C10H20. The first kappa shape index (κ1) is 10.0. The van der Waals surface area contributed by atoms with Crippen LogP contribution in [0.3, 0.4) is 0 Å². The number of hydrogen-bond donors (Lipinski definition) is 0. The summed E-state index contributed by atoms with van der Waals surface area (Å²) in [5.74, 6) is 1.45. The van der Waals surface area contributed by atoms with Gasteiger partial charge in [0.1, 0.15) is 0 Å². The molecule has 0 saturated carbocycles. The topological polar surface area (TPSA) is 0 Å². The molecule has 2 radical (unpaired) electrons. The second-order valence-electron chi connectivity index (χ2n) is 3.44. The smallest absolute Gasteiger partial charge is 0.0440 e. The van der Waals surface area contributed by atoms with E-state index < -0.39 is 0 Å². The van der Waals surface area contributed by atoms with Gasteiger partial charge in [0.05, 0.1) is 0 Å². The molecule has 60 valence electrons. The molecule has 10 heavy (non-hydrogen) atoms. The van der Waals surface area contributed by atoms with Crippen LogP contribution < -0.4 is 0 Å². The molecule has 0 aliphatic carbocycles. The van der Waals surface area contributed by atoms with Gasteiger partial charge < -0.3 is 0 Å².